The first-order valence-corrected chi connectivity index (χ1v) is 7.72. The van der Waals surface area contributed by atoms with Crippen LogP contribution in [0.25, 0.3) is 0 Å². The number of esters is 1. The third kappa shape index (κ3) is 2.70. The van der Waals surface area contributed by atoms with Gasteiger partial charge in [-0.05, 0) is 11.1 Å². The molecule has 0 N–H and O–H groups in total. The number of carbonyl (C=O) groups is 2. The van der Waals surface area contributed by atoms with Crippen LogP contribution in [0.1, 0.15) is 23.2 Å². The average Bonchev–Trinajstić information content (AvgIpc) is 2.62. The Morgan fingerprint density at radius 1 is 1.09 bits per heavy atom. The van der Waals surface area contributed by atoms with E-state index >= 15 is 0 Å². The summed E-state index contributed by atoms with van der Waals surface area (Å²) in [4.78, 5) is 26.2. The Bertz CT molecular complexity index is 705. The first-order valence-electron chi connectivity index (χ1n) is 7.29. The van der Waals surface area contributed by atoms with E-state index in [1.165, 1.54) is 12.0 Å². The molecular weight excluding hydrogens is 314 g/mol. The second-order valence-electron chi connectivity index (χ2n) is 5.34. The molecule has 0 aliphatic carbocycles. The van der Waals surface area contributed by atoms with Gasteiger partial charge in [0.05, 0.1) is 13.2 Å². The maximum atomic E-state index is 12.4. The summed E-state index contributed by atoms with van der Waals surface area (Å²) in [5, 5.41) is -0.673. The van der Waals surface area contributed by atoms with E-state index in [4.69, 9.17) is 16.3 Å². The molecule has 0 saturated carbocycles. The third-order valence-electron chi connectivity index (χ3n) is 4.03. The number of halogens is 1. The molecular formula is C18H16ClNO3. The van der Waals surface area contributed by atoms with E-state index < -0.39 is 17.4 Å². The molecule has 1 aliphatic heterocycles. The minimum Gasteiger partial charge on any atom is -0.467 e. The monoisotopic (exact) mass is 329 g/mol. The minimum atomic E-state index is -0.797. The molecule has 1 aliphatic rings. The molecule has 4 nitrogen and oxygen atoms in total. The number of benzene rings is 2. The Balaban J connectivity index is 2.01. The highest BCUT2D eigenvalue weighted by Crippen LogP contribution is 2.44. The lowest BCUT2D eigenvalue weighted by Gasteiger charge is -2.47. The maximum absolute atomic E-state index is 12.4. The zero-order chi connectivity index (χ0) is 16.4. The molecule has 0 bridgehead atoms. The number of methoxy groups -OCH3 is 1. The summed E-state index contributed by atoms with van der Waals surface area (Å²) in [6, 6.07) is 17.4. The van der Waals surface area contributed by atoms with Crippen LogP contribution in [-0.4, -0.2) is 29.3 Å². The molecule has 2 aromatic rings. The number of ether oxygens (including phenoxy) is 1. The van der Waals surface area contributed by atoms with Crippen molar-refractivity contribution in [3.63, 3.8) is 0 Å². The zero-order valence-electron chi connectivity index (χ0n) is 12.6. The standard InChI is InChI=1S/C18H16ClNO3/c1-23-18(22)16(13-10-6-3-7-11-13)20-15(14(19)17(20)21)12-8-4-2-5-9-12/h2-11,14-16H,1H3/t14-,15-,16?/m1/s1. The summed E-state index contributed by atoms with van der Waals surface area (Å²) in [6.45, 7) is 0. The fourth-order valence-electron chi connectivity index (χ4n) is 2.90. The minimum absolute atomic E-state index is 0.264. The summed E-state index contributed by atoms with van der Waals surface area (Å²) < 4.78 is 4.92. The largest absolute Gasteiger partial charge is 0.467 e. The molecule has 0 spiro atoms. The van der Waals surface area contributed by atoms with Gasteiger partial charge in [0.25, 0.3) is 0 Å². The lowest BCUT2D eigenvalue weighted by atomic mass is 9.89. The summed E-state index contributed by atoms with van der Waals surface area (Å²) in [5.74, 6) is -0.742. The van der Waals surface area contributed by atoms with Gasteiger partial charge < -0.3 is 9.64 Å². The normalized spacial score (nSPS) is 21.5. The molecule has 1 amide bonds. The molecule has 0 aromatic heterocycles. The van der Waals surface area contributed by atoms with Crippen LogP contribution in [0.15, 0.2) is 60.7 Å². The molecule has 1 unspecified atom stereocenters. The van der Waals surface area contributed by atoms with Crippen LogP contribution in [-0.2, 0) is 14.3 Å². The van der Waals surface area contributed by atoms with Crippen LogP contribution in [0, 0.1) is 0 Å². The average molecular weight is 330 g/mol. The molecule has 1 fully saturated rings. The molecule has 3 rings (SSSR count). The van der Waals surface area contributed by atoms with Gasteiger partial charge in [-0.2, -0.15) is 0 Å². The summed E-state index contributed by atoms with van der Waals surface area (Å²) >= 11 is 6.23. The van der Waals surface area contributed by atoms with Crippen molar-refractivity contribution in [1.82, 2.24) is 4.90 Å². The SMILES string of the molecule is COC(=O)C(c1ccccc1)N1C(=O)[C@H](Cl)[C@H]1c1ccccc1. The van der Waals surface area contributed by atoms with E-state index in [1.54, 1.807) is 12.1 Å². The van der Waals surface area contributed by atoms with Crippen LogP contribution in [0.3, 0.4) is 0 Å². The van der Waals surface area contributed by atoms with E-state index in [0.717, 1.165) is 5.56 Å². The second kappa shape index (κ2) is 6.42. The number of likely N-dealkylation sites (tertiary alicyclic amines) is 1. The topological polar surface area (TPSA) is 46.6 Å². The van der Waals surface area contributed by atoms with Gasteiger partial charge in [-0.3, -0.25) is 4.79 Å². The van der Waals surface area contributed by atoms with Crippen LogP contribution < -0.4 is 0 Å². The van der Waals surface area contributed by atoms with Crippen LogP contribution in [0.4, 0.5) is 0 Å². The first-order chi connectivity index (χ1) is 11.1. The number of amides is 1. The van der Waals surface area contributed by atoms with Crippen LogP contribution >= 0.6 is 11.6 Å². The second-order valence-corrected chi connectivity index (χ2v) is 5.81. The highest BCUT2D eigenvalue weighted by molar-refractivity contribution is 6.33. The van der Waals surface area contributed by atoms with Crippen molar-refractivity contribution in [3.8, 4) is 0 Å². The number of hydrogen-bond acceptors (Lipinski definition) is 3. The number of hydrogen-bond donors (Lipinski definition) is 0. The van der Waals surface area contributed by atoms with Crippen molar-refractivity contribution >= 4 is 23.5 Å². The lowest BCUT2D eigenvalue weighted by Crippen LogP contribution is -2.58. The summed E-state index contributed by atoms with van der Waals surface area (Å²) in [7, 11) is 1.32. The van der Waals surface area contributed by atoms with Crippen LogP contribution in [0.2, 0.25) is 0 Å². The van der Waals surface area contributed by atoms with Crippen molar-refractivity contribution in [3.05, 3.63) is 71.8 Å². The number of carbonyl (C=O) groups excluding carboxylic acids is 2. The predicted molar refractivity (Wildman–Crippen MR) is 86.9 cm³/mol. The van der Waals surface area contributed by atoms with Crippen molar-refractivity contribution in [2.45, 2.75) is 17.5 Å². The van der Waals surface area contributed by atoms with Gasteiger partial charge in [-0.15, -0.1) is 11.6 Å². The van der Waals surface area contributed by atoms with Crippen molar-refractivity contribution in [1.29, 1.82) is 0 Å². The third-order valence-corrected chi connectivity index (χ3v) is 4.45. The number of rotatable bonds is 4. The van der Waals surface area contributed by atoms with Gasteiger partial charge in [-0.25, -0.2) is 4.79 Å². The van der Waals surface area contributed by atoms with Gasteiger partial charge in [0.1, 0.15) is 5.38 Å². The quantitative estimate of drug-likeness (QED) is 0.492. The maximum Gasteiger partial charge on any atom is 0.333 e. The summed E-state index contributed by atoms with van der Waals surface area (Å²) in [6.07, 6.45) is 0. The van der Waals surface area contributed by atoms with Gasteiger partial charge in [0.15, 0.2) is 6.04 Å². The van der Waals surface area contributed by atoms with Crippen molar-refractivity contribution in [2.75, 3.05) is 7.11 Å². The number of alkyl halides is 1. The zero-order valence-corrected chi connectivity index (χ0v) is 13.3. The Labute approximate surface area is 139 Å². The molecule has 5 heteroatoms. The first kappa shape index (κ1) is 15.6. The Hall–Kier alpha value is -2.33. The molecule has 118 valence electrons. The van der Waals surface area contributed by atoms with E-state index in [1.807, 2.05) is 48.5 Å². The van der Waals surface area contributed by atoms with E-state index in [2.05, 4.69) is 0 Å². The fourth-order valence-corrected chi connectivity index (χ4v) is 3.28. The number of nitrogens with zero attached hydrogens (tertiary/aromatic N) is 1. The highest BCUT2D eigenvalue weighted by Gasteiger charge is 2.52. The van der Waals surface area contributed by atoms with Gasteiger partial charge >= 0.3 is 5.97 Å². The lowest BCUT2D eigenvalue weighted by molar-refractivity contribution is -0.163. The van der Waals surface area contributed by atoms with E-state index in [9.17, 15) is 9.59 Å². The summed E-state index contributed by atoms with van der Waals surface area (Å²) in [5.41, 5.74) is 1.61. The van der Waals surface area contributed by atoms with Gasteiger partial charge in [-0.1, -0.05) is 60.7 Å². The Morgan fingerprint density at radius 2 is 1.65 bits per heavy atom. The smallest absolute Gasteiger partial charge is 0.333 e. The molecule has 3 atom stereocenters. The molecule has 2 aromatic carbocycles. The number of β-lactam (4-membered cyclic amide) rings is 1. The molecule has 23 heavy (non-hydrogen) atoms. The van der Waals surface area contributed by atoms with Gasteiger partial charge in [0.2, 0.25) is 5.91 Å². The highest BCUT2D eigenvalue weighted by atomic mass is 35.5. The predicted octanol–water partition coefficient (Wildman–Crippen LogP) is 3.09. The van der Waals surface area contributed by atoms with E-state index in [0.29, 0.717) is 5.56 Å². The van der Waals surface area contributed by atoms with Gasteiger partial charge in [0, 0.05) is 0 Å². The molecule has 0 radical (unpaired) electrons. The molecule has 1 saturated heterocycles. The van der Waals surface area contributed by atoms with Crippen LogP contribution in [0.5, 0.6) is 0 Å². The Morgan fingerprint density at radius 3 is 2.22 bits per heavy atom. The van der Waals surface area contributed by atoms with Crippen molar-refractivity contribution < 1.29 is 14.3 Å². The van der Waals surface area contributed by atoms with E-state index in [-0.39, 0.29) is 11.9 Å². The Kier molecular flexibility index (Phi) is 4.35. The molecule has 1 heterocycles. The fraction of sp³-hybridized carbons (Fsp3) is 0.222. The van der Waals surface area contributed by atoms with Crippen molar-refractivity contribution in [2.24, 2.45) is 0 Å².